The molecule has 1 atom stereocenters. The van der Waals surface area contributed by atoms with Gasteiger partial charge in [-0.25, -0.2) is 9.97 Å². The van der Waals surface area contributed by atoms with Gasteiger partial charge >= 0.3 is 0 Å². The lowest BCUT2D eigenvalue weighted by atomic mass is 9.75. The maximum atomic E-state index is 6.45. The average Bonchev–Trinajstić information content (AvgIpc) is 3.61. The largest absolute Gasteiger partial charge is 0.355 e. The third-order valence-electron chi connectivity index (χ3n) is 11.5. The SMILES string of the molecule is C[C@@H]1C=C(c2ccc(-c3cc(-c4cccc(Cl)c4)nc(-c4ccc(-c5ccccc5)cc4)n3)cc2)C2=C(C=C(C3=Cc4[nH]c5ccccc5c4CC3)CC2)C1. The van der Waals surface area contributed by atoms with Crippen LogP contribution in [0.4, 0.5) is 0 Å². The molecule has 2 aromatic heterocycles. The van der Waals surface area contributed by atoms with Gasteiger partial charge in [0.2, 0.25) is 0 Å². The molecule has 5 aromatic carbocycles. The molecule has 0 aliphatic heterocycles. The molecule has 266 valence electrons. The normalized spacial score (nSPS) is 16.6. The van der Waals surface area contributed by atoms with E-state index >= 15 is 0 Å². The number of benzene rings is 5. The van der Waals surface area contributed by atoms with Gasteiger partial charge in [0.15, 0.2) is 5.82 Å². The van der Waals surface area contributed by atoms with Gasteiger partial charge in [-0.05, 0) is 118 Å². The van der Waals surface area contributed by atoms with Crippen LogP contribution in [0.3, 0.4) is 0 Å². The zero-order valence-electron chi connectivity index (χ0n) is 30.8. The van der Waals surface area contributed by atoms with Gasteiger partial charge in [0.25, 0.3) is 0 Å². The molecule has 1 N–H and O–H groups in total. The Kier molecular flexibility index (Phi) is 8.53. The van der Waals surface area contributed by atoms with E-state index in [9.17, 15) is 0 Å². The molecule has 3 aliphatic carbocycles. The zero-order chi connectivity index (χ0) is 36.9. The summed E-state index contributed by atoms with van der Waals surface area (Å²) in [4.78, 5) is 13.9. The van der Waals surface area contributed by atoms with Crippen molar-refractivity contribution in [2.45, 2.75) is 39.0 Å². The summed E-state index contributed by atoms with van der Waals surface area (Å²) in [6, 6.07) is 46.6. The fraction of sp³-hybridized carbons (Fsp3) is 0.137. The molecular formula is C51H40ClN3. The van der Waals surface area contributed by atoms with Crippen molar-refractivity contribution >= 4 is 34.2 Å². The summed E-state index contributed by atoms with van der Waals surface area (Å²) in [6.45, 7) is 2.35. The summed E-state index contributed by atoms with van der Waals surface area (Å²) in [6.07, 6.45) is 12.9. The molecule has 0 spiro atoms. The van der Waals surface area contributed by atoms with E-state index in [2.05, 4.69) is 139 Å². The topological polar surface area (TPSA) is 41.6 Å². The van der Waals surface area contributed by atoms with E-state index in [-0.39, 0.29) is 0 Å². The lowest BCUT2D eigenvalue weighted by Gasteiger charge is -2.30. The molecule has 0 saturated heterocycles. The quantitative estimate of drug-likeness (QED) is 0.185. The Balaban J connectivity index is 0.967. The minimum absolute atomic E-state index is 0.475. The number of hydrogen-bond acceptors (Lipinski definition) is 2. The Morgan fingerprint density at radius 1 is 0.582 bits per heavy atom. The lowest BCUT2D eigenvalue weighted by Crippen LogP contribution is -2.12. The molecule has 4 heteroatoms. The molecule has 0 amide bonds. The van der Waals surface area contributed by atoms with Crippen molar-refractivity contribution in [2.75, 3.05) is 0 Å². The second kappa shape index (κ2) is 14.0. The number of para-hydroxylation sites is 1. The highest BCUT2D eigenvalue weighted by atomic mass is 35.5. The van der Waals surface area contributed by atoms with E-state index in [1.807, 2.05) is 24.3 Å². The Morgan fingerprint density at radius 3 is 2.05 bits per heavy atom. The van der Waals surface area contributed by atoms with Gasteiger partial charge in [0, 0.05) is 38.3 Å². The van der Waals surface area contributed by atoms with Crippen LogP contribution in [-0.4, -0.2) is 15.0 Å². The molecule has 2 heterocycles. The summed E-state index contributed by atoms with van der Waals surface area (Å²) < 4.78 is 0. The molecule has 0 fully saturated rings. The number of rotatable bonds is 6. The summed E-state index contributed by atoms with van der Waals surface area (Å²) in [7, 11) is 0. The third-order valence-corrected chi connectivity index (χ3v) is 11.7. The number of H-pyrrole nitrogens is 1. The van der Waals surface area contributed by atoms with Crippen LogP contribution in [0, 0.1) is 5.92 Å². The van der Waals surface area contributed by atoms with Crippen molar-refractivity contribution in [3.63, 3.8) is 0 Å². The molecule has 10 rings (SSSR count). The Bertz CT molecular complexity index is 2730. The third kappa shape index (κ3) is 6.49. The van der Waals surface area contributed by atoms with E-state index in [1.54, 1.807) is 0 Å². The van der Waals surface area contributed by atoms with Crippen molar-refractivity contribution in [3.05, 3.63) is 190 Å². The summed E-state index contributed by atoms with van der Waals surface area (Å²) >= 11 is 6.45. The number of aromatic amines is 1. The fourth-order valence-electron chi connectivity index (χ4n) is 8.75. The van der Waals surface area contributed by atoms with E-state index in [0.717, 1.165) is 65.7 Å². The summed E-state index contributed by atoms with van der Waals surface area (Å²) in [5.74, 6) is 1.16. The summed E-state index contributed by atoms with van der Waals surface area (Å²) in [5, 5.41) is 2.05. The first-order valence-electron chi connectivity index (χ1n) is 19.4. The van der Waals surface area contributed by atoms with Crippen molar-refractivity contribution in [2.24, 2.45) is 5.92 Å². The van der Waals surface area contributed by atoms with Crippen LogP contribution in [0.2, 0.25) is 5.02 Å². The molecule has 3 nitrogen and oxygen atoms in total. The highest BCUT2D eigenvalue weighted by molar-refractivity contribution is 6.30. The van der Waals surface area contributed by atoms with E-state index < -0.39 is 0 Å². The second-order valence-corrected chi connectivity index (χ2v) is 15.6. The Morgan fingerprint density at radius 2 is 1.24 bits per heavy atom. The number of halogens is 1. The van der Waals surface area contributed by atoms with Gasteiger partial charge < -0.3 is 4.98 Å². The van der Waals surface area contributed by atoms with Gasteiger partial charge in [-0.15, -0.1) is 0 Å². The molecule has 0 radical (unpaired) electrons. The maximum Gasteiger partial charge on any atom is 0.160 e. The smallest absolute Gasteiger partial charge is 0.160 e. The average molecular weight is 730 g/mol. The van der Waals surface area contributed by atoms with E-state index in [4.69, 9.17) is 21.6 Å². The van der Waals surface area contributed by atoms with Gasteiger partial charge in [-0.2, -0.15) is 0 Å². The minimum atomic E-state index is 0.475. The van der Waals surface area contributed by atoms with Crippen LogP contribution >= 0.6 is 11.6 Å². The summed E-state index contributed by atoms with van der Waals surface area (Å²) in [5.41, 5.74) is 19.7. The number of nitrogens with one attached hydrogen (secondary N) is 1. The zero-order valence-corrected chi connectivity index (χ0v) is 31.6. The van der Waals surface area contributed by atoms with E-state index in [1.165, 1.54) is 61.2 Å². The molecule has 0 bridgehead atoms. The number of allylic oxidation sites excluding steroid dienone is 7. The molecule has 0 unspecified atom stereocenters. The maximum absolute atomic E-state index is 6.45. The first kappa shape index (κ1) is 33.5. The number of hydrogen-bond donors (Lipinski definition) is 1. The first-order valence-corrected chi connectivity index (χ1v) is 19.8. The van der Waals surface area contributed by atoms with E-state index in [0.29, 0.717) is 16.8 Å². The van der Waals surface area contributed by atoms with Crippen molar-refractivity contribution in [1.82, 2.24) is 15.0 Å². The van der Waals surface area contributed by atoms with Crippen LogP contribution in [0.5, 0.6) is 0 Å². The number of fused-ring (bicyclic) bond motifs is 3. The highest BCUT2D eigenvalue weighted by Crippen LogP contribution is 2.45. The fourth-order valence-corrected chi connectivity index (χ4v) is 8.94. The first-order chi connectivity index (χ1) is 27.0. The Labute approximate surface area is 327 Å². The lowest BCUT2D eigenvalue weighted by molar-refractivity contribution is 0.698. The number of aromatic nitrogens is 3. The number of nitrogens with zero attached hydrogens (tertiary/aromatic N) is 2. The van der Waals surface area contributed by atoms with Gasteiger partial charge in [0.05, 0.1) is 11.4 Å². The molecule has 7 aromatic rings. The van der Waals surface area contributed by atoms with Gasteiger partial charge in [-0.3, -0.25) is 0 Å². The molecular weight excluding hydrogens is 690 g/mol. The van der Waals surface area contributed by atoms with Crippen LogP contribution in [0.15, 0.2) is 168 Å². The van der Waals surface area contributed by atoms with Crippen LogP contribution in [0.1, 0.15) is 49.4 Å². The molecule has 3 aliphatic rings. The predicted molar refractivity (Wildman–Crippen MR) is 229 cm³/mol. The predicted octanol–water partition coefficient (Wildman–Crippen LogP) is 13.7. The van der Waals surface area contributed by atoms with Crippen molar-refractivity contribution < 1.29 is 0 Å². The highest BCUT2D eigenvalue weighted by Gasteiger charge is 2.26. The van der Waals surface area contributed by atoms with Crippen molar-refractivity contribution in [3.8, 4) is 45.0 Å². The van der Waals surface area contributed by atoms with Gasteiger partial charge in [-0.1, -0.05) is 140 Å². The van der Waals surface area contributed by atoms with Crippen LogP contribution in [-0.2, 0) is 6.42 Å². The number of aryl methyl sites for hydroxylation is 1. The standard InChI is InChI=1S/C51H40ClN3/c1-32-26-41-28-38(39-23-25-45-44-12-5-6-13-47(44)53-50(45)30-39)22-24-43(41)46(27-32)35-16-18-36(19-17-35)48-31-49(40-10-7-11-42(52)29-40)55-51(54-48)37-20-14-34(15-21-37)33-8-3-2-4-9-33/h2-21,27-32,53H,22-26H2,1H3/t32-/m0/s1. The van der Waals surface area contributed by atoms with Crippen LogP contribution < -0.4 is 0 Å². The van der Waals surface area contributed by atoms with Gasteiger partial charge in [0.1, 0.15) is 0 Å². The monoisotopic (exact) mass is 729 g/mol. The second-order valence-electron chi connectivity index (χ2n) is 15.2. The molecule has 0 saturated carbocycles. The Hall–Kier alpha value is -6.03. The van der Waals surface area contributed by atoms with Crippen molar-refractivity contribution in [1.29, 1.82) is 0 Å². The minimum Gasteiger partial charge on any atom is -0.355 e. The van der Waals surface area contributed by atoms with Crippen LogP contribution in [0.25, 0.3) is 67.6 Å². The molecule has 55 heavy (non-hydrogen) atoms.